The van der Waals surface area contributed by atoms with Crippen molar-refractivity contribution >= 4 is 39.7 Å². The van der Waals surface area contributed by atoms with Gasteiger partial charge in [0.05, 0.1) is 12.9 Å². The minimum Gasteiger partial charge on any atom is -0.493 e. The number of aromatic nitrogens is 2. The third kappa shape index (κ3) is 6.94. The summed E-state index contributed by atoms with van der Waals surface area (Å²) in [5.74, 6) is 1.59. The number of aromatic amines is 1. The molecule has 0 radical (unpaired) electrons. The van der Waals surface area contributed by atoms with E-state index < -0.39 is 0 Å². The zero-order valence-corrected chi connectivity index (χ0v) is 20.3. The summed E-state index contributed by atoms with van der Waals surface area (Å²) in [5.41, 5.74) is 4.46. The molecule has 1 saturated heterocycles. The minimum atomic E-state index is 0.596. The normalized spacial score (nSPS) is 16.1. The highest BCUT2D eigenvalue weighted by atomic mass is 79.9. The molecule has 0 amide bonds. The first-order valence-electron chi connectivity index (χ1n) is 10.9. The Bertz CT molecular complexity index is 1030. The molecule has 1 aliphatic heterocycles. The molecule has 0 spiro atoms. The molecule has 168 valence electrons. The Labute approximate surface area is 202 Å². The van der Waals surface area contributed by atoms with Crippen LogP contribution in [0.2, 0.25) is 5.02 Å². The van der Waals surface area contributed by atoms with Crippen LogP contribution in [-0.4, -0.2) is 36.2 Å². The van der Waals surface area contributed by atoms with Gasteiger partial charge < -0.3 is 20.4 Å². The summed E-state index contributed by atoms with van der Waals surface area (Å²) in [6.07, 6.45) is 9.76. The second-order valence-corrected chi connectivity index (χ2v) is 9.37. The third-order valence-corrected chi connectivity index (χ3v) is 6.45. The van der Waals surface area contributed by atoms with Crippen molar-refractivity contribution in [3.63, 3.8) is 0 Å². The number of hydrogen-bond acceptors (Lipinski definition) is 4. The van der Waals surface area contributed by atoms with Gasteiger partial charge in [-0.25, -0.2) is 4.98 Å². The average Bonchev–Trinajstić information content (AvgIpc) is 3.48. The first-order valence-corrected chi connectivity index (χ1v) is 12.1. The predicted molar refractivity (Wildman–Crippen MR) is 135 cm³/mol. The molecule has 1 unspecified atom stereocenters. The molecular weight excluding hydrogens is 488 g/mol. The molecule has 1 aromatic heterocycles. The molecule has 0 aliphatic carbocycles. The SMILES string of the molecule is Clc1ccc(/C=C/c2cc(CNCC3CCNC3)cc(OCCc3cnc[nH]3)c2)c(Br)c1. The second kappa shape index (κ2) is 11.7. The maximum absolute atomic E-state index is 6.09. The topological polar surface area (TPSA) is 62.0 Å². The molecule has 2 aromatic carbocycles. The highest BCUT2D eigenvalue weighted by molar-refractivity contribution is 9.10. The first kappa shape index (κ1) is 23.1. The number of nitrogens with zero attached hydrogens (tertiary/aromatic N) is 1. The van der Waals surface area contributed by atoms with Gasteiger partial charge in [-0.05, 0) is 72.9 Å². The van der Waals surface area contributed by atoms with Crippen LogP contribution in [0.1, 0.15) is 28.8 Å². The first-order chi connectivity index (χ1) is 15.7. The molecule has 0 bridgehead atoms. The van der Waals surface area contributed by atoms with Crippen molar-refractivity contribution in [3.8, 4) is 5.75 Å². The number of rotatable bonds is 10. The molecule has 5 nitrogen and oxygen atoms in total. The van der Waals surface area contributed by atoms with E-state index in [-0.39, 0.29) is 0 Å². The highest BCUT2D eigenvalue weighted by Crippen LogP contribution is 2.25. The van der Waals surface area contributed by atoms with Crippen molar-refractivity contribution in [3.05, 3.63) is 80.8 Å². The van der Waals surface area contributed by atoms with Gasteiger partial charge in [0.15, 0.2) is 0 Å². The van der Waals surface area contributed by atoms with E-state index in [1.54, 1.807) is 6.33 Å². The molecule has 3 N–H and O–H groups in total. The number of imidazole rings is 1. The van der Waals surface area contributed by atoms with Crippen molar-refractivity contribution in [1.82, 2.24) is 20.6 Å². The fourth-order valence-electron chi connectivity index (χ4n) is 3.80. The molecule has 1 fully saturated rings. The summed E-state index contributed by atoms with van der Waals surface area (Å²) in [6, 6.07) is 12.2. The quantitative estimate of drug-likeness (QED) is 0.320. The van der Waals surface area contributed by atoms with Crippen LogP contribution in [0.4, 0.5) is 0 Å². The Morgan fingerprint density at radius 2 is 2.16 bits per heavy atom. The van der Waals surface area contributed by atoms with E-state index in [4.69, 9.17) is 16.3 Å². The molecule has 32 heavy (non-hydrogen) atoms. The van der Waals surface area contributed by atoms with Crippen LogP contribution >= 0.6 is 27.5 Å². The van der Waals surface area contributed by atoms with E-state index >= 15 is 0 Å². The number of benzene rings is 2. The van der Waals surface area contributed by atoms with Crippen LogP contribution in [-0.2, 0) is 13.0 Å². The lowest BCUT2D eigenvalue weighted by Gasteiger charge is -2.13. The highest BCUT2D eigenvalue weighted by Gasteiger charge is 2.13. The zero-order chi connectivity index (χ0) is 22.2. The van der Waals surface area contributed by atoms with E-state index in [2.05, 4.69) is 66.9 Å². The fourth-order valence-corrected chi connectivity index (χ4v) is 4.61. The Morgan fingerprint density at radius 3 is 2.94 bits per heavy atom. The summed E-state index contributed by atoms with van der Waals surface area (Å²) in [6.45, 7) is 4.67. The largest absolute Gasteiger partial charge is 0.493 e. The maximum atomic E-state index is 6.09. The van der Waals surface area contributed by atoms with Crippen LogP contribution in [0.15, 0.2) is 53.4 Å². The summed E-state index contributed by atoms with van der Waals surface area (Å²) < 4.78 is 7.06. The van der Waals surface area contributed by atoms with Gasteiger partial charge in [0.25, 0.3) is 0 Å². The van der Waals surface area contributed by atoms with Crippen molar-refractivity contribution in [1.29, 1.82) is 0 Å². The maximum Gasteiger partial charge on any atom is 0.120 e. The van der Waals surface area contributed by atoms with Gasteiger partial charge in [-0.15, -0.1) is 0 Å². The summed E-state index contributed by atoms with van der Waals surface area (Å²) >= 11 is 9.65. The smallest absolute Gasteiger partial charge is 0.120 e. The van der Waals surface area contributed by atoms with Crippen LogP contribution < -0.4 is 15.4 Å². The molecule has 1 atom stereocenters. The Hall–Kier alpha value is -2.12. The average molecular weight is 516 g/mol. The zero-order valence-electron chi connectivity index (χ0n) is 17.9. The molecule has 2 heterocycles. The van der Waals surface area contributed by atoms with Crippen molar-refractivity contribution in [2.75, 3.05) is 26.2 Å². The van der Waals surface area contributed by atoms with Gasteiger partial charge in [0, 0.05) is 34.4 Å². The van der Waals surface area contributed by atoms with E-state index in [1.807, 2.05) is 24.4 Å². The summed E-state index contributed by atoms with van der Waals surface area (Å²) in [4.78, 5) is 7.18. The van der Waals surface area contributed by atoms with Gasteiger partial charge in [0.2, 0.25) is 0 Å². The van der Waals surface area contributed by atoms with Crippen molar-refractivity contribution < 1.29 is 4.74 Å². The summed E-state index contributed by atoms with van der Waals surface area (Å²) in [7, 11) is 0. The van der Waals surface area contributed by atoms with E-state index in [9.17, 15) is 0 Å². The van der Waals surface area contributed by atoms with Crippen molar-refractivity contribution in [2.45, 2.75) is 19.4 Å². The lowest BCUT2D eigenvalue weighted by Crippen LogP contribution is -2.24. The molecule has 1 aliphatic rings. The number of hydrogen-bond donors (Lipinski definition) is 3. The van der Waals surface area contributed by atoms with Gasteiger partial charge in [0.1, 0.15) is 5.75 Å². The Balaban J connectivity index is 1.45. The number of halogens is 2. The lowest BCUT2D eigenvalue weighted by molar-refractivity contribution is 0.320. The van der Waals surface area contributed by atoms with E-state index in [0.717, 1.165) is 59.6 Å². The lowest BCUT2D eigenvalue weighted by atomic mass is 10.1. The Kier molecular flexibility index (Phi) is 8.40. The van der Waals surface area contributed by atoms with Gasteiger partial charge in [-0.3, -0.25) is 0 Å². The van der Waals surface area contributed by atoms with Gasteiger partial charge in [-0.1, -0.05) is 51.8 Å². The third-order valence-electron chi connectivity index (χ3n) is 5.53. The molecule has 3 aromatic rings. The molecular formula is C25H28BrClN4O. The van der Waals surface area contributed by atoms with E-state index in [1.165, 1.54) is 12.0 Å². The monoisotopic (exact) mass is 514 g/mol. The number of H-pyrrole nitrogens is 1. The fraction of sp³-hybridized carbons (Fsp3) is 0.320. The summed E-state index contributed by atoms with van der Waals surface area (Å²) in [5, 5.41) is 7.75. The predicted octanol–water partition coefficient (Wildman–Crippen LogP) is 5.32. The van der Waals surface area contributed by atoms with Crippen LogP contribution in [0.3, 0.4) is 0 Å². The number of ether oxygens (including phenoxy) is 1. The standard InChI is InChI=1S/C25H28BrClN4O/c26-25-12-22(27)4-3-21(25)2-1-18-9-20(15-29-14-19-5-7-28-13-19)11-24(10-18)32-8-6-23-16-30-17-31-23/h1-4,9-12,16-17,19,28-29H,5-8,13-15H2,(H,30,31)/b2-1+. The molecule has 4 rings (SSSR count). The van der Waals surface area contributed by atoms with Crippen LogP contribution in [0.5, 0.6) is 5.75 Å². The Morgan fingerprint density at radius 1 is 1.22 bits per heavy atom. The molecule has 7 heteroatoms. The minimum absolute atomic E-state index is 0.596. The van der Waals surface area contributed by atoms with Gasteiger partial charge in [-0.2, -0.15) is 0 Å². The van der Waals surface area contributed by atoms with Gasteiger partial charge >= 0.3 is 0 Å². The van der Waals surface area contributed by atoms with Crippen LogP contribution in [0.25, 0.3) is 12.2 Å². The number of nitrogens with one attached hydrogen (secondary N) is 3. The van der Waals surface area contributed by atoms with E-state index in [0.29, 0.717) is 17.5 Å². The molecule has 0 saturated carbocycles. The van der Waals surface area contributed by atoms with Crippen molar-refractivity contribution in [2.24, 2.45) is 5.92 Å². The second-order valence-electron chi connectivity index (χ2n) is 8.07. The van der Waals surface area contributed by atoms with Crippen LogP contribution in [0, 0.1) is 5.92 Å².